The zero-order valence-corrected chi connectivity index (χ0v) is 17.5. The third kappa shape index (κ3) is 5.56. The number of nitrogens with zero attached hydrogens (tertiary/aromatic N) is 2. The number of nitro benzene ring substituents is 1. The molecule has 2 N–H and O–H groups in total. The van der Waals surface area contributed by atoms with E-state index in [1.807, 2.05) is 0 Å². The van der Waals surface area contributed by atoms with Crippen LogP contribution in [0.4, 0.5) is 15.8 Å². The second-order valence-corrected chi connectivity index (χ2v) is 9.04. The Hall–Kier alpha value is -3.05. The zero-order chi connectivity index (χ0) is 22.4. The number of halogens is 1. The highest BCUT2D eigenvalue weighted by molar-refractivity contribution is 7.89. The van der Waals surface area contributed by atoms with Gasteiger partial charge in [-0.2, -0.15) is 4.31 Å². The van der Waals surface area contributed by atoms with Crippen molar-refractivity contribution in [3.05, 3.63) is 64.5 Å². The molecule has 2 aromatic rings. The lowest BCUT2D eigenvalue weighted by molar-refractivity contribution is -0.384. The fraction of sp³-hybridized carbons (Fsp3) is 0.350. The van der Waals surface area contributed by atoms with Crippen molar-refractivity contribution in [1.29, 1.82) is 0 Å². The van der Waals surface area contributed by atoms with Gasteiger partial charge in [-0.05, 0) is 37.1 Å². The lowest BCUT2D eigenvalue weighted by Gasteiger charge is -2.30. The SMILES string of the molecule is O=C(NCCNc1ccc([N+](=O)[O-])cc1)C1CCN(S(=O)(=O)c2ccccc2F)CC1. The zero-order valence-electron chi connectivity index (χ0n) is 16.7. The number of nitrogens with one attached hydrogen (secondary N) is 2. The minimum Gasteiger partial charge on any atom is -0.383 e. The molecule has 0 saturated carbocycles. The monoisotopic (exact) mass is 450 g/mol. The standard InChI is InChI=1S/C20H23FN4O5S/c21-18-3-1-2-4-19(18)31(29,30)24-13-9-15(10-14-24)20(26)23-12-11-22-16-5-7-17(8-6-16)25(27)28/h1-8,15,22H,9-14H2,(H,23,26). The number of benzene rings is 2. The highest BCUT2D eigenvalue weighted by atomic mass is 32.2. The lowest BCUT2D eigenvalue weighted by Crippen LogP contribution is -2.43. The van der Waals surface area contributed by atoms with Crippen molar-refractivity contribution in [1.82, 2.24) is 9.62 Å². The minimum absolute atomic E-state index is 0.00205. The number of nitro groups is 1. The van der Waals surface area contributed by atoms with E-state index in [2.05, 4.69) is 10.6 Å². The Kier molecular flexibility index (Phi) is 7.18. The maximum atomic E-state index is 13.9. The average Bonchev–Trinajstić information content (AvgIpc) is 2.77. The highest BCUT2D eigenvalue weighted by Crippen LogP contribution is 2.25. The summed E-state index contributed by atoms with van der Waals surface area (Å²) >= 11 is 0. The van der Waals surface area contributed by atoms with Crippen LogP contribution in [0.15, 0.2) is 53.4 Å². The van der Waals surface area contributed by atoms with Crippen molar-refractivity contribution in [3.8, 4) is 0 Å². The number of carbonyl (C=O) groups excluding carboxylic acids is 1. The summed E-state index contributed by atoms with van der Waals surface area (Å²) < 4.78 is 40.4. The third-order valence-corrected chi connectivity index (χ3v) is 7.04. The molecule has 1 aliphatic rings. The van der Waals surface area contributed by atoms with E-state index in [0.717, 1.165) is 6.07 Å². The number of rotatable bonds is 8. The summed E-state index contributed by atoms with van der Waals surface area (Å²) in [5.74, 6) is -1.26. The molecule has 1 amide bonds. The van der Waals surface area contributed by atoms with Crippen LogP contribution in [0.5, 0.6) is 0 Å². The molecule has 166 valence electrons. The van der Waals surface area contributed by atoms with Crippen LogP contribution in [0.3, 0.4) is 0 Å². The lowest BCUT2D eigenvalue weighted by atomic mass is 9.97. The van der Waals surface area contributed by atoms with E-state index in [-0.39, 0.29) is 35.5 Å². The molecular weight excluding hydrogens is 427 g/mol. The third-order valence-electron chi connectivity index (χ3n) is 5.11. The van der Waals surface area contributed by atoms with Crippen LogP contribution in [0.2, 0.25) is 0 Å². The molecule has 0 aliphatic carbocycles. The molecule has 0 spiro atoms. The Morgan fingerprint density at radius 2 is 1.74 bits per heavy atom. The van der Waals surface area contributed by atoms with Gasteiger partial charge in [0.1, 0.15) is 10.7 Å². The van der Waals surface area contributed by atoms with Crippen molar-refractivity contribution in [2.45, 2.75) is 17.7 Å². The van der Waals surface area contributed by atoms with Crippen LogP contribution in [0.25, 0.3) is 0 Å². The van der Waals surface area contributed by atoms with E-state index >= 15 is 0 Å². The fourth-order valence-electron chi connectivity index (χ4n) is 3.39. The van der Waals surface area contributed by atoms with E-state index in [1.165, 1.54) is 34.6 Å². The van der Waals surface area contributed by atoms with Gasteiger partial charge in [-0.25, -0.2) is 12.8 Å². The molecule has 2 aromatic carbocycles. The number of hydrogen-bond acceptors (Lipinski definition) is 6. The Morgan fingerprint density at radius 3 is 2.35 bits per heavy atom. The quantitative estimate of drug-likeness (QED) is 0.362. The predicted molar refractivity (Wildman–Crippen MR) is 112 cm³/mol. The topological polar surface area (TPSA) is 122 Å². The minimum atomic E-state index is -3.93. The summed E-state index contributed by atoms with van der Waals surface area (Å²) in [5.41, 5.74) is 0.703. The van der Waals surface area contributed by atoms with Gasteiger partial charge >= 0.3 is 0 Å². The number of amides is 1. The van der Waals surface area contributed by atoms with Gasteiger partial charge in [0.15, 0.2) is 0 Å². The van der Waals surface area contributed by atoms with Gasteiger partial charge in [0.25, 0.3) is 5.69 Å². The first-order valence-corrected chi connectivity index (χ1v) is 11.2. The van der Waals surface area contributed by atoms with Crippen LogP contribution in [-0.4, -0.2) is 49.7 Å². The Morgan fingerprint density at radius 1 is 1.10 bits per heavy atom. The predicted octanol–water partition coefficient (Wildman–Crippen LogP) is 2.36. The van der Waals surface area contributed by atoms with Crippen molar-refractivity contribution < 1.29 is 22.5 Å². The molecule has 31 heavy (non-hydrogen) atoms. The van der Waals surface area contributed by atoms with Gasteiger partial charge in [-0.1, -0.05) is 12.1 Å². The molecule has 1 saturated heterocycles. The first-order valence-electron chi connectivity index (χ1n) is 9.80. The van der Waals surface area contributed by atoms with Crippen LogP contribution < -0.4 is 10.6 Å². The molecule has 0 atom stereocenters. The smallest absolute Gasteiger partial charge is 0.269 e. The second kappa shape index (κ2) is 9.84. The fourth-order valence-corrected chi connectivity index (χ4v) is 4.92. The van der Waals surface area contributed by atoms with Gasteiger partial charge in [-0.15, -0.1) is 0 Å². The van der Waals surface area contributed by atoms with E-state index in [4.69, 9.17) is 0 Å². The normalized spacial score (nSPS) is 15.4. The molecule has 1 aliphatic heterocycles. The largest absolute Gasteiger partial charge is 0.383 e. The van der Waals surface area contributed by atoms with Gasteiger partial charge in [-0.3, -0.25) is 14.9 Å². The number of sulfonamides is 1. The van der Waals surface area contributed by atoms with Crippen LogP contribution in [-0.2, 0) is 14.8 Å². The molecule has 0 bridgehead atoms. The summed E-state index contributed by atoms with van der Waals surface area (Å²) in [5, 5.41) is 16.5. The Balaban J connectivity index is 1.43. The van der Waals surface area contributed by atoms with E-state index in [9.17, 15) is 27.7 Å². The molecule has 1 heterocycles. The van der Waals surface area contributed by atoms with Gasteiger partial charge in [0.05, 0.1) is 4.92 Å². The molecular formula is C20H23FN4O5S. The van der Waals surface area contributed by atoms with Crippen LogP contribution >= 0.6 is 0 Å². The average molecular weight is 450 g/mol. The summed E-state index contributed by atoms with van der Waals surface area (Å²) in [6, 6.07) is 11.2. The van der Waals surface area contributed by atoms with Crippen LogP contribution in [0, 0.1) is 21.8 Å². The Bertz CT molecular complexity index is 1040. The maximum absolute atomic E-state index is 13.9. The van der Waals surface area contributed by atoms with Crippen molar-refractivity contribution in [2.24, 2.45) is 5.92 Å². The number of hydrogen-bond donors (Lipinski definition) is 2. The second-order valence-electron chi connectivity index (χ2n) is 7.13. The summed E-state index contributed by atoms with van der Waals surface area (Å²) in [6.45, 7) is 1.08. The summed E-state index contributed by atoms with van der Waals surface area (Å²) in [4.78, 5) is 22.2. The molecule has 9 nitrogen and oxygen atoms in total. The van der Waals surface area contributed by atoms with E-state index in [1.54, 1.807) is 12.1 Å². The molecule has 1 fully saturated rings. The van der Waals surface area contributed by atoms with Crippen molar-refractivity contribution in [2.75, 3.05) is 31.5 Å². The first-order chi connectivity index (χ1) is 14.8. The summed E-state index contributed by atoms with van der Waals surface area (Å²) in [7, 11) is -3.93. The summed E-state index contributed by atoms with van der Waals surface area (Å²) in [6.07, 6.45) is 0.713. The molecule has 11 heteroatoms. The van der Waals surface area contributed by atoms with Crippen molar-refractivity contribution >= 4 is 27.3 Å². The van der Waals surface area contributed by atoms with Gasteiger partial charge in [0.2, 0.25) is 15.9 Å². The van der Waals surface area contributed by atoms with Crippen LogP contribution in [0.1, 0.15) is 12.8 Å². The van der Waals surface area contributed by atoms with Gasteiger partial charge in [0, 0.05) is 49.9 Å². The number of piperidine rings is 1. The van der Waals surface area contributed by atoms with Gasteiger partial charge < -0.3 is 10.6 Å². The molecule has 0 radical (unpaired) electrons. The number of carbonyl (C=O) groups is 1. The molecule has 3 rings (SSSR count). The maximum Gasteiger partial charge on any atom is 0.269 e. The highest BCUT2D eigenvalue weighted by Gasteiger charge is 2.33. The van der Waals surface area contributed by atoms with E-state index < -0.39 is 20.8 Å². The first kappa shape index (κ1) is 22.6. The number of non-ortho nitro benzene ring substituents is 1. The molecule has 0 unspecified atom stereocenters. The van der Waals surface area contributed by atoms with E-state index in [0.29, 0.717) is 31.6 Å². The van der Waals surface area contributed by atoms with Crippen molar-refractivity contribution in [3.63, 3.8) is 0 Å². The molecule has 0 aromatic heterocycles. The Labute approximate surface area is 179 Å². The number of anilines is 1.